The van der Waals surface area contributed by atoms with Gasteiger partial charge >= 0.3 is 12.4 Å². The van der Waals surface area contributed by atoms with Crippen LogP contribution in [0.4, 0.5) is 26.3 Å². The summed E-state index contributed by atoms with van der Waals surface area (Å²) in [5, 5.41) is 3.63. The molecular weight excluding hydrogens is 390 g/mol. The van der Waals surface area contributed by atoms with Crippen molar-refractivity contribution < 1.29 is 26.3 Å². The minimum atomic E-state index is -4.60. The number of fused-ring (bicyclic) bond motifs is 1. The number of halogens is 6. The fourth-order valence-electron chi connectivity index (χ4n) is 2.90. The van der Waals surface area contributed by atoms with Gasteiger partial charge in [0.1, 0.15) is 11.2 Å². The zero-order valence-corrected chi connectivity index (χ0v) is 14.6. The maximum Gasteiger partial charge on any atom is 0.416 e. The van der Waals surface area contributed by atoms with Crippen LogP contribution in [0.25, 0.3) is 11.0 Å². The van der Waals surface area contributed by atoms with Crippen LogP contribution < -0.4 is 5.56 Å². The predicted molar refractivity (Wildman–Crippen MR) is 87.9 cm³/mol. The minimum absolute atomic E-state index is 0.0621. The van der Waals surface area contributed by atoms with Gasteiger partial charge in [-0.3, -0.25) is 4.79 Å². The summed E-state index contributed by atoms with van der Waals surface area (Å²) in [5.41, 5.74) is -1.79. The fourth-order valence-corrected chi connectivity index (χ4v) is 2.90. The normalized spacial score (nSPS) is 13.9. The van der Waals surface area contributed by atoms with Crippen LogP contribution in [0.5, 0.6) is 0 Å². The predicted octanol–water partition coefficient (Wildman–Crippen LogP) is 4.16. The summed E-state index contributed by atoms with van der Waals surface area (Å²) in [6.07, 6.45) is -10.5. The number of rotatable bonds is 3. The Morgan fingerprint density at radius 1 is 1.11 bits per heavy atom. The highest BCUT2D eigenvalue weighted by molar-refractivity contribution is 5.77. The van der Waals surface area contributed by atoms with Crippen molar-refractivity contribution in [3.63, 3.8) is 0 Å². The van der Waals surface area contributed by atoms with Gasteiger partial charge in [0.2, 0.25) is 0 Å². The zero-order valence-electron chi connectivity index (χ0n) is 14.6. The monoisotopic (exact) mass is 404 g/mol. The molecule has 0 aliphatic heterocycles. The highest BCUT2D eigenvalue weighted by Crippen LogP contribution is 2.31. The third kappa shape index (κ3) is 3.87. The summed E-state index contributed by atoms with van der Waals surface area (Å²) in [5.74, 6) is 0.178. The van der Waals surface area contributed by atoms with E-state index in [9.17, 15) is 31.1 Å². The van der Waals surface area contributed by atoms with E-state index in [1.807, 2.05) is 0 Å². The van der Waals surface area contributed by atoms with Crippen molar-refractivity contribution >= 4 is 11.0 Å². The van der Waals surface area contributed by atoms with Crippen LogP contribution in [-0.2, 0) is 12.6 Å². The number of H-pyrrole nitrogens is 1. The van der Waals surface area contributed by atoms with E-state index in [2.05, 4.69) is 15.1 Å². The quantitative estimate of drug-likeness (QED) is 0.667. The van der Waals surface area contributed by atoms with Gasteiger partial charge in [0.05, 0.1) is 23.7 Å². The Morgan fingerprint density at radius 2 is 1.71 bits per heavy atom. The molecule has 0 fully saturated rings. The smallest absolute Gasteiger partial charge is 0.310 e. The molecule has 1 aromatic carbocycles. The Labute approximate surface area is 154 Å². The molecule has 0 saturated carbocycles. The van der Waals surface area contributed by atoms with Crippen LogP contribution in [0.3, 0.4) is 0 Å². The van der Waals surface area contributed by atoms with E-state index in [4.69, 9.17) is 0 Å². The molecule has 11 heteroatoms. The van der Waals surface area contributed by atoms with Crippen molar-refractivity contribution in [1.29, 1.82) is 0 Å². The average molecular weight is 404 g/mol. The van der Waals surface area contributed by atoms with E-state index in [0.29, 0.717) is 5.56 Å². The van der Waals surface area contributed by atoms with E-state index in [-0.39, 0.29) is 16.9 Å². The molecular formula is C17H14F6N4O. The molecule has 2 heterocycles. The van der Waals surface area contributed by atoms with E-state index in [1.54, 1.807) is 6.92 Å². The number of aromatic nitrogens is 4. The lowest BCUT2D eigenvalue weighted by Crippen LogP contribution is -2.15. The lowest BCUT2D eigenvalue weighted by atomic mass is 10.1. The Hall–Kier alpha value is -2.85. The summed E-state index contributed by atoms with van der Waals surface area (Å²) in [6, 6.07) is 3.43. The van der Waals surface area contributed by atoms with Gasteiger partial charge in [-0.2, -0.15) is 31.4 Å². The molecule has 1 N–H and O–H groups in total. The van der Waals surface area contributed by atoms with Crippen LogP contribution in [0, 0.1) is 6.92 Å². The highest BCUT2D eigenvalue weighted by Gasteiger charge is 2.33. The standard InChI is InChI=1S/C17H14F6N4O/c1-8(10-3-5-11(6-4-10)17(21,22)23)27-14-13(15(28)25-9(2)24-14)12(26-27)7-16(18,19)20/h3-6,8H,7H2,1-2H3,(H,24,25,28)/t8-/m1/s1. The molecule has 0 radical (unpaired) electrons. The Kier molecular flexibility index (Phi) is 4.72. The lowest BCUT2D eigenvalue weighted by Gasteiger charge is -2.15. The number of hydrogen-bond donors (Lipinski definition) is 1. The Balaban J connectivity index is 2.13. The number of aryl methyl sites for hydroxylation is 1. The first-order valence-corrected chi connectivity index (χ1v) is 8.09. The summed E-state index contributed by atoms with van der Waals surface area (Å²) in [7, 11) is 0. The molecule has 3 rings (SSSR count). The van der Waals surface area contributed by atoms with Gasteiger partial charge in [-0.05, 0) is 31.5 Å². The number of hydrogen-bond acceptors (Lipinski definition) is 3. The van der Waals surface area contributed by atoms with E-state index in [0.717, 1.165) is 16.8 Å². The van der Waals surface area contributed by atoms with Gasteiger partial charge in [0.15, 0.2) is 5.65 Å². The second-order valence-electron chi connectivity index (χ2n) is 6.33. The molecule has 5 nitrogen and oxygen atoms in total. The first-order valence-electron chi connectivity index (χ1n) is 8.09. The third-order valence-corrected chi connectivity index (χ3v) is 4.21. The number of nitrogens with one attached hydrogen (secondary N) is 1. The van der Waals surface area contributed by atoms with Crippen LogP contribution in [0.15, 0.2) is 29.1 Å². The molecule has 150 valence electrons. The lowest BCUT2D eigenvalue weighted by molar-refractivity contribution is -0.137. The molecule has 2 aromatic heterocycles. The second kappa shape index (κ2) is 6.64. The summed E-state index contributed by atoms with van der Waals surface area (Å²) < 4.78 is 78.0. The largest absolute Gasteiger partial charge is 0.416 e. The van der Waals surface area contributed by atoms with Crippen LogP contribution in [0.2, 0.25) is 0 Å². The van der Waals surface area contributed by atoms with E-state index >= 15 is 0 Å². The summed E-state index contributed by atoms with van der Waals surface area (Å²) in [4.78, 5) is 18.6. The van der Waals surface area contributed by atoms with E-state index in [1.165, 1.54) is 19.1 Å². The second-order valence-corrected chi connectivity index (χ2v) is 6.33. The molecule has 0 spiro atoms. The zero-order chi connectivity index (χ0) is 20.9. The van der Waals surface area contributed by atoms with Gasteiger partial charge < -0.3 is 4.98 Å². The van der Waals surface area contributed by atoms with Crippen LogP contribution >= 0.6 is 0 Å². The third-order valence-electron chi connectivity index (χ3n) is 4.21. The number of nitrogens with zero attached hydrogens (tertiary/aromatic N) is 3. The van der Waals surface area contributed by atoms with Gasteiger partial charge in [-0.25, -0.2) is 9.67 Å². The van der Waals surface area contributed by atoms with Crippen molar-refractivity contribution in [2.45, 2.75) is 38.7 Å². The van der Waals surface area contributed by atoms with Gasteiger partial charge in [0, 0.05) is 0 Å². The summed E-state index contributed by atoms with van der Waals surface area (Å²) >= 11 is 0. The van der Waals surface area contributed by atoms with Crippen LogP contribution in [0.1, 0.15) is 35.6 Å². The molecule has 0 unspecified atom stereocenters. The maximum atomic E-state index is 12.9. The van der Waals surface area contributed by atoms with Gasteiger partial charge in [-0.15, -0.1) is 0 Å². The molecule has 0 saturated heterocycles. The molecule has 0 amide bonds. The van der Waals surface area contributed by atoms with Crippen molar-refractivity contribution in [2.24, 2.45) is 0 Å². The molecule has 28 heavy (non-hydrogen) atoms. The van der Waals surface area contributed by atoms with Gasteiger partial charge in [0.25, 0.3) is 5.56 Å². The van der Waals surface area contributed by atoms with Crippen molar-refractivity contribution in [1.82, 2.24) is 19.7 Å². The minimum Gasteiger partial charge on any atom is -0.310 e. The first kappa shape index (κ1) is 19.9. The molecule has 3 aromatic rings. The topological polar surface area (TPSA) is 63.6 Å². The number of benzene rings is 1. The molecule has 0 bridgehead atoms. The Bertz CT molecular complexity index is 1060. The first-order chi connectivity index (χ1) is 12.9. The molecule has 0 aliphatic rings. The van der Waals surface area contributed by atoms with Gasteiger partial charge in [-0.1, -0.05) is 12.1 Å². The summed E-state index contributed by atoms with van der Waals surface area (Å²) in [6.45, 7) is 3.01. The van der Waals surface area contributed by atoms with Crippen LogP contribution in [-0.4, -0.2) is 25.9 Å². The average Bonchev–Trinajstić information content (AvgIpc) is 2.90. The fraction of sp³-hybridized carbons (Fsp3) is 0.353. The van der Waals surface area contributed by atoms with E-state index < -0.39 is 41.6 Å². The van der Waals surface area contributed by atoms with Crippen molar-refractivity contribution in [2.75, 3.05) is 0 Å². The molecule has 1 atom stereocenters. The SMILES string of the molecule is Cc1nc2c(c(CC(F)(F)F)nn2[C@H](C)c2ccc(C(F)(F)F)cc2)c(=O)[nH]1. The maximum absolute atomic E-state index is 12.9. The number of aromatic amines is 1. The number of alkyl halides is 6. The highest BCUT2D eigenvalue weighted by atomic mass is 19.4. The van der Waals surface area contributed by atoms with Crippen molar-refractivity contribution in [3.05, 3.63) is 57.3 Å². The Morgan fingerprint density at radius 3 is 2.25 bits per heavy atom. The molecule has 0 aliphatic carbocycles. The van der Waals surface area contributed by atoms with Crippen molar-refractivity contribution in [3.8, 4) is 0 Å².